The summed E-state index contributed by atoms with van der Waals surface area (Å²) in [5.74, 6) is -0.789. The van der Waals surface area contributed by atoms with Gasteiger partial charge in [-0.15, -0.1) is 0 Å². The topological polar surface area (TPSA) is 59.4 Å². The smallest absolute Gasteiger partial charge is 0.303 e. The molecule has 0 saturated heterocycles. The van der Waals surface area contributed by atoms with E-state index in [1.165, 1.54) is 11.3 Å². The standard InChI is InChI=1S/C7H9NO3S/c1-11-7-8-4-5(12-7)2-3-6(9)10/h4H,2-3H2,1H3,(H,9,10). The summed E-state index contributed by atoms with van der Waals surface area (Å²) in [4.78, 5) is 15.1. The predicted octanol–water partition coefficient (Wildman–Crippen LogP) is 1.17. The maximum absolute atomic E-state index is 10.2. The van der Waals surface area contributed by atoms with Gasteiger partial charge in [0.15, 0.2) is 0 Å². The van der Waals surface area contributed by atoms with Gasteiger partial charge in [0, 0.05) is 11.1 Å². The number of aliphatic carboxylic acids is 1. The van der Waals surface area contributed by atoms with Gasteiger partial charge in [0.25, 0.3) is 5.19 Å². The molecule has 0 aliphatic carbocycles. The molecule has 4 nitrogen and oxygen atoms in total. The third kappa shape index (κ3) is 2.50. The van der Waals surface area contributed by atoms with Crippen molar-refractivity contribution in [3.63, 3.8) is 0 Å². The number of carboxylic acid groups (broad SMARTS) is 1. The molecule has 0 unspecified atom stereocenters. The molecular formula is C7H9NO3S. The molecule has 1 N–H and O–H groups in total. The van der Waals surface area contributed by atoms with E-state index in [2.05, 4.69) is 4.98 Å². The van der Waals surface area contributed by atoms with E-state index in [9.17, 15) is 4.79 Å². The summed E-state index contributed by atoms with van der Waals surface area (Å²) < 4.78 is 4.86. The largest absolute Gasteiger partial charge is 0.481 e. The van der Waals surface area contributed by atoms with Crippen molar-refractivity contribution in [3.8, 4) is 5.19 Å². The van der Waals surface area contributed by atoms with Gasteiger partial charge in [0.2, 0.25) is 0 Å². The van der Waals surface area contributed by atoms with Crippen molar-refractivity contribution in [1.82, 2.24) is 4.98 Å². The number of aryl methyl sites for hydroxylation is 1. The zero-order chi connectivity index (χ0) is 8.97. The van der Waals surface area contributed by atoms with Gasteiger partial charge in [-0.25, -0.2) is 4.98 Å². The molecule has 1 aromatic heterocycles. The van der Waals surface area contributed by atoms with Crippen LogP contribution < -0.4 is 4.74 Å². The van der Waals surface area contributed by atoms with Gasteiger partial charge in [-0.1, -0.05) is 11.3 Å². The number of thiazole rings is 1. The zero-order valence-electron chi connectivity index (χ0n) is 6.61. The van der Waals surface area contributed by atoms with Crippen LogP contribution in [0.25, 0.3) is 0 Å². The normalized spacial score (nSPS) is 9.75. The Labute approximate surface area is 73.8 Å². The first-order valence-electron chi connectivity index (χ1n) is 3.43. The second kappa shape index (κ2) is 4.06. The fraction of sp³-hybridized carbons (Fsp3) is 0.429. The molecule has 1 rings (SSSR count). The summed E-state index contributed by atoms with van der Waals surface area (Å²) in [6.07, 6.45) is 2.31. The molecule has 0 spiro atoms. The lowest BCUT2D eigenvalue weighted by Gasteiger charge is -1.90. The van der Waals surface area contributed by atoms with E-state index in [-0.39, 0.29) is 6.42 Å². The maximum Gasteiger partial charge on any atom is 0.303 e. The number of carbonyl (C=O) groups is 1. The number of carboxylic acids is 1. The van der Waals surface area contributed by atoms with Crippen molar-refractivity contribution in [1.29, 1.82) is 0 Å². The molecule has 0 atom stereocenters. The molecule has 0 bridgehead atoms. The summed E-state index contributed by atoms with van der Waals surface area (Å²) in [5.41, 5.74) is 0. The molecule has 0 aliphatic heterocycles. The summed E-state index contributed by atoms with van der Waals surface area (Å²) in [5, 5.41) is 8.97. The molecule has 1 heterocycles. The number of nitrogens with zero attached hydrogens (tertiary/aromatic N) is 1. The number of hydrogen-bond acceptors (Lipinski definition) is 4. The third-order valence-corrected chi connectivity index (χ3v) is 2.31. The Hall–Kier alpha value is -1.10. The minimum atomic E-state index is -0.789. The van der Waals surface area contributed by atoms with Gasteiger partial charge < -0.3 is 9.84 Å². The predicted molar refractivity (Wildman–Crippen MR) is 44.6 cm³/mol. The van der Waals surface area contributed by atoms with Crippen molar-refractivity contribution >= 4 is 17.3 Å². The van der Waals surface area contributed by atoms with Crippen LogP contribution in [0.3, 0.4) is 0 Å². The van der Waals surface area contributed by atoms with Crippen LogP contribution >= 0.6 is 11.3 Å². The highest BCUT2D eigenvalue weighted by Crippen LogP contribution is 2.20. The number of rotatable bonds is 4. The van der Waals surface area contributed by atoms with E-state index < -0.39 is 5.97 Å². The molecule has 5 heteroatoms. The summed E-state index contributed by atoms with van der Waals surface area (Å²) in [6.45, 7) is 0. The Bertz CT molecular complexity index is 271. The summed E-state index contributed by atoms with van der Waals surface area (Å²) in [7, 11) is 1.54. The van der Waals surface area contributed by atoms with Crippen LogP contribution in [0.1, 0.15) is 11.3 Å². The second-order valence-electron chi connectivity index (χ2n) is 2.19. The first-order valence-corrected chi connectivity index (χ1v) is 4.24. The molecule has 12 heavy (non-hydrogen) atoms. The Morgan fingerprint density at radius 3 is 3.08 bits per heavy atom. The molecule has 0 amide bonds. The van der Waals surface area contributed by atoms with Crippen molar-refractivity contribution in [2.45, 2.75) is 12.8 Å². The number of hydrogen-bond donors (Lipinski definition) is 1. The second-order valence-corrected chi connectivity index (χ2v) is 3.27. The van der Waals surface area contributed by atoms with Gasteiger partial charge in [-0.05, 0) is 6.42 Å². The molecule has 0 aliphatic rings. The molecule has 0 fully saturated rings. The van der Waals surface area contributed by atoms with Gasteiger partial charge in [0.05, 0.1) is 13.5 Å². The molecule has 66 valence electrons. The highest BCUT2D eigenvalue weighted by molar-refractivity contribution is 7.13. The molecule has 0 radical (unpaired) electrons. The van der Waals surface area contributed by atoms with Crippen LogP contribution in [0.5, 0.6) is 5.19 Å². The molecule has 1 aromatic rings. The van der Waals surface area contributed by atoms with Crippen LogP contribution in [0.15, 0.2) is 6.20 Å². The SMILES string of the molecule is COc1ncc(CCC(=O)O)s1. The number of ether oxygens (including phenoxy) is 1. The van der Waals surface area contributed by atoms with Crippen LogP contribution in [-0.4, -0.2) is 23.2 Å². The number of methoxy groups -OCH3 is 1. The average molecular weight is 187 g/mol. The van der Waals surface area contributed by atoms with E-state index in [0.717, 1.165) is 4.88 Å². The Balaban J connectivity index is 2.47. The Morgan fingerprint density at radius 1 is 1.83 bits per heavy atom. The van der Waals surface area contributed by atoms with Crippen LogP contribution in [0, 0.1) is 0 Å². The lowest BCUT2D eigenvalue weighted by molar-refractivity contribution is -0.136. The Kier molecular flexibility index (Phi) is 3.04. The molecular weight excluding hydrogens is 178 g/mol. The van der Waals surface area contributed by atoms with Gasteiger partial charge in [-0.3, -0.25) is 4.79 Å². The van der Waals surface area contributed by atoms with Gasteiger partial charge >= 0.3 is 5.97 Å². The minimum Gasteiger partial charge on any atom is -0.481 e. The van der Waals surface area contributed by atoms with Crippen LogP contribution in [-0.2, 0) is 11.2 Å². The molecule has 0 aromatic carbocycles. The first-order chi connectivity index (χ1) is 5.72. The van der Waals surface area contributed by atoms with Crippen molar-refractivity contribution in [2.24, 2.45) is 0 Å². The van der Waals surface area contributed by atoms with E-state index in [1.807, 2.05) is 0 Å². The van der Waals surface area contributed by atoms with Crippen molar-refractivity contribution in [3.05, 3.63) is 11.1 Å². The average Bonchev–Trinajstić information content (AvgIpc) is 2.48. The van der Waals surface area contributed by atoms with Crippen molar-refractivity contribution < 1.29 is 14.6 Å². The van der Waals surface area contributed by atoms with Gasteiger partial charge in [-0.2, -0.15) is 0 Å². The molecule has 0 saturated carbocycles. The van der Waals surface area contributed by atoms with E-state index in [0.29, 0.717) is 11.6 Å². The third-order valence-electron chi connectivity index (χ3n) is 1.29. The first kappa shape index (κ1) is 8.99. The fourth-order valence-electron chi connectivity index (χ4n) is 0.730. The highest BCUT2D eigenvalue weighted by atomic mass is 32.1. The lowest BCUT2D eigenvalue weighted by atomic mass is 10.3. The maximum atomic E-state index is 10.2. The van der Waals surface area contributed by atoms with Gasteiger partial charge in [0.1, 0.15) is 0 Å². The van der Waals surface area contributed by atoms with E-state index in [4.69, 9.17) is 9.84 Å². The Morgan fingerprint density at radius 2 is 2.58 bits per heavy atom. The van der Waals surface area contributed by atoms with E-state index >= 15 is 0 Å². The minimum absolute atomic E-state index is 0.144. The fourth-order valence-corrected chi connectivity index (χ4v) is 1.45. The summed E-state index contributed by atoms with van der Waals surface area (Å²) in [6, 6.07) is 0. The van der Waals surface area contributed by atoms with E-state index in [1.54, 1.807) is 13.3 Å². The van der Waals surface area contributed by atoms with Crippen LogP contribution in [0.4, 0.5) is 0 Å². The highest BCUT2D eigenvalue weighted by Gasteiger charge is 2.03. The quantitative estimate of drug-likeness (QED) is 0.768. The van der Waals surface area contributed by atoms with Crippen molar-refractivity contribution in [2.75, 3.05) is 7.11 Å². The number of aromatic nitrogens is 1. The van der Waals surface area contributed by atoms with Crippen LogP contribution in [0.2, 0.25) is 0 Å². The zero-order valence-corrected chi connectivity index (χ0v) is 7.43. The summed E-state index contributed by atoms with van der Waals surface area (Å²) >= 11 is 1.38. The monoisotopic (exact) mass is 187 g/mol. The lowest BCUT2D eigenvalue weighted by Crippen LogP contribution is -1.95.